The standard InChI is InChI=1S/C14H21NO2S/c1-4-18-12-7-6-11(9-12)15(3)14(16)13-8-5-10(2)17-13/h5,8,11-12H,4,6-7,9H2,1-3H3/t11-,12+/m0/s1. The fraction of sp³-hybridized carbons (Fsp3) is 0.643. The van der Waals surface area contributed by atoms with Crippen LogP contribution in [0.15, 0.2) is 16.5 Å². The number of amides is 1. The molecule has 0 aromatic carbocycles. The number of furan rings is 1. The Morgan fingerprint density at radius 1 is 1.50 bits per heavy atom. The molecule has 2 rings (SSSR count). The van der Waals surface area contributed by atoms with E-state index in [0.29, 0.717) is 17.1 Å². The summed E-state index contributed by atoms with van der Waals surface area (Å²) in [6, 6.07) is 3.97. The third kappa shape index (κ3) is 2.91. The van der Waals surface area contributed by atoms with Crippen LogP contribution in [0.4, 0.5) is 0 Å². The molecule has 4 heteroatoms. The van der Waals surface area contributed by atoms with Crippen molar-refractivity contribution in [2.45, 2.75) is 44.4 Å². The highest BCUT2D eigenvalue weighted by molar-refractivity contribution is 7.99. The average Bonchev–Trinajstić information content (AvgIpc) is 2.97. The number of hydrogen-bond acceptors (Lipinski definition) is 3. The van der Waals surface area contributed by atoms with Crippen molar-refractivity contribution in [3.05, 3.63) is 23.7 Å². The van der Waals surface area contributed by atoms with E-state index in [-0.39, 0.29) is 5.91 Å². The van der Waals surface area contributed by atoms with E-state index in [9.17, 15) is 4.79 Å². The molecular formula is C14H21NO2S. The van der Waals surface area contributed by atoms with Crippen molar-refractivity contribution in [3.8, 4) is 0 Å². The summed E-state index contributed by atoms with van der Waals surface area (Å²) in [7, 11) is 1.89. The summed E-state index contributed by atoms with van der Waals surface area (Å²) in [4.78, 5) is 14.1. The van der Waals surface area contributed by atoms with Gasteiger partial charge in [0.25, 0.3) is 5.91 Å². The molecule has 1 aromatic rings. The maximum Gasteiger partial charge on any atom is 0.289 e. The van der Waals surface area contributed by atoms with E-state index in [1.165, 1.54) is 6.42 Å². The SMILES string of the molecule is CCS[C@@H]1CC[C@H](N(C)C(=O)c2ccc(C)o2)C1. The van der Waals surface area contributed by atoms with Gasteiger partial charge in [0.15, 0.2) is 5.76 Å². The zero-order chi connectivity index (χ0) is 13.1. The van der Waals surface area contributed by atoms with Crippen molar-refractivity contribution in [1.29, 1.82) is 0 Å². The zero-order valence-electron chi connectivity index (χ0n) is 11.3. The van der Waals surface area contributed by atoms with Gasteiger partial charge in [0.1, 0.15) is 5.76 Å². The van der Waals surface area contributed by atoms with Crippen molar-refractivity contribution < 1.29 is 9.21 Å². The molecule has 100 valence electrons. The smallest absolute Gasteiger partial charge is 0.289 e. The van der Waals surface area contributed by atoms with Crippen LogP contribution in [0.25, 0.3) is 0 Å². The third-order valence-corrected chi connectivity index (χ3v) is 4.81. The molecule has 0 saturated heterocycles. The molecule has 3 nitrogen and oxygen atoms in total. The minimum atomic E-state index is 0.00949. The minimum absolute atomic E-state index is 0.00949. The van der Waals surface area contributed by atoms with Gasteiger partial charge in [-0.15, -0.1) is 0 Å². The van der Waals surface area contributed by atoms with Crippen molar-refractivity contribution in [1.82, 2.24) is 4.90 Å². The van der Waals surface area contributed by atoms with Gasteiger partial charge in [0.05, 0.1) is 0 Å². The molecule has 1 aliphatic rings. The number of aryl methyl sites for hydroxylation is 1. The number of carbonyl (C=O) groups is 1. The number of thioether (sulfide) groups is 1. The molecule has 1 fully saturated rings. The van der Waals surface area contributed by atoms with Crippen LogP contribution in [0.5, 0.6) is 0 Å². The second-order valence-corrected chi connectivity index (χ2v) is 6.45. The minimum Gasteiger partial charge on any atom is -0.456 e. The van der Waals surface area contributed by atoms with Crippen LogP contribution in [-0.2, 0) is 0 Å². The Balaban J connectivity index is 1.95. The molecule has 0 unspecified atom stereocenters. The van der Waals surface area contributed by atoms with Crippen LogP contribution in [0, 0.1) is 6.92 Å². The molecule has 2 atom stereocenters. The Morgan fingerprint density at radius 3 is 2.89 bits per heavy atom. The van der Waals surface area contributed by atoms with E-state index in [1.54, 1.807) is 6.07 Å². The van der Waals surface area contributed by atoms with Crippen LogP contribution >= 0.6 is 11.8 Å². The van der Waals surface area contributed by atoms with Gasteiger partial charge in [-0.3, -0.25) is 4.79 Å². The Bertz CT molecular complexity index is 416. The molecule has 1 amide bonds. The summed E-state index contributed by atoms with van der Waals surface area (Å²) in [5, 5.41) is 0.716. The van der Waals surface area contributed by atoms with Gasteiger partial charge in [0, 0.05) is 18.3 Å². The van der Waals surface area contributed by atoms with Crippen molar-refractivity contribution >= 4 is 17.7 Å². The first kappa shape index (κ1) is 13.5. The molecular weight excluding hydrogens is 246 g/mol. The Kier molecular flexibility index (Phi) is 4.38. The van der Waals surface area contributed by atoms with Crippen molar-refractivity contribution in [2.75, 3.05) is 12.8 Å². The molecule has 1 heterocycles. The first-order valence-corrected chi connectivity index (χ1v) is 7.62. The van der Waals surface area contributed by atoms with E-state index >= 15 is 0 Å². The summed E-state index contributed by atoms with van der Waals surface area (Å²) in [6.07, 6.45) is 3.44. The molecule has 1 aromatic heterocycles. The first-order valence-electron chi connectivity index (χ1n) is 6.57. The lowest BCUT2D eigenvalue weighted by atomic mass is 10.2. The predicted octanol–water partition coefficient (Wildman–Crippen LogP) is 3.33. The summed E-state index contributed by atoms with van der Waals surface area (Å²) >= 11 is 2.01. The van der Waals surface area contributed by atoms with Gasteiger partial charge >= 0.3 is 0 Å². The normalized spacial score (nSPS) is 23.3. The fourth-order valence-electron chi connectivity index (χ4n) is 2.55. The van der Waals surface area contributed by atoms with Crippen LogP contribution in [0.3, 0.4) is 0 Å². The highest BCUT2D eigenvalue weighted by atomic mass is 32.2. The van der Waals surface area contributed by atoms with Crippen LogP contribution in [0.1, 0.15) is 42.5 Å². The summed E-state index contributed by atoms with van der Waals surface area (Å²) in [5.41, 5.74) is 0. The lowest BCUT2D eigenvalue weighted by molar-refractivity contribution is 0.0702. The molecule has 0 N–H and O–H groups in total. The van der Waals surface area contributed by atoms with Gasteiger partial charge < -0.3 is 9.32 Å². The van der Waals surface area contributed by atoms with E-state index in [1.807, 2.05) is 36.7 Å². The van der Waals surface area contributed by atoms with Crippen LogP contribution < -0.4 is 0 Å². The lowest BCUT2D eigenvalue weighted by Crippen LogP contribution is -2.35. The molecule has 0 aliphatic heterocycles. The zero-order valence-corrected chi connectivity index (χ0v) is 12.1. The van der Waals surface area contributed by atoms with Crippen molar-refractivity contribution in [3.63, 3.8) is 0 Å². The summed E-state index contributed by atoms with van der Waals surface area (Å²) in [5.74, 6) is 2.42. The van der Waals surface area contributed by atoms with Gasteiger partial charge in [-0.25, -0.2) is 0 Å². The summed E-state index contributed by atoms with van der Waals surface area (Å²) < 4.78 is 5.40. The molecule has 0 bridgehead atoms. The largest absolute Gasteiger partial charge is 0.456 e. The highest BCUT2D eigenvalue weighted by Crippen LogP contribution is 2.32. The Hall–Kier alpha value is -0.900. The Labute approximate surface area is 113 Å². The molecule has 1 aliphatic carbocycles. The maximum absolute atomic E-state index is 12.2. The van der Waals surface area contributed by atoms with Gasteiger partial charge in [-0.1, -0.05) is 6.92 Å². The second kappa shape index (κ2) is 5.83. The lowest BCUT2D eigenvalue weighted by Gasteiger charge is -2.23. The van der Waals surface area contributed by atoms with E-state index in [2.05, 4.69) is 6.92 Å². The van der Waals surface area contributed by atoms with E-state index in [0.717, 1.165) is 24.4 Å². The van der Waals surface area contributed by atoms with E-state index in [4.69, 9.17) is 4.42 Å². The van der Waals surface area contributed by atoms with E-state index < -0.39 is 0 Å². The average molecular weight is 267 g/mol. The molecule has 18 heavy (non-hydrogen) atoms. The number of nitrogens with zero attached hydrogens (tertiary/aromatic N) is 1. The Morgan fingerprint density at radius 2 is 2.28 bits per heavy atom. The number of rotatable bonds is 4. The quantitative estimate of drug-likeness (QED) is 0.839. The van der Waals surface area contributed by atoms with Gasteiger partial charge in [-0.2, -0.15) is 11.8 Å². The summed E-state index contributed by atoms with van der Waals surface area (Å²) in [6.45, 7) is 4.05. The fourth-order valence-corrected chi connectivity index (χ4v) is 3.68. The van der Waals surface area contributed by atoms with Crippen LogP contribution in [0.2, 0.25) is 0 Å². The first-order chi connectivity index (χ1) is 8.61. The van der Waals surface area contributed by atoms with Crippen molar-refractivity contribution in [2.24, 2.45) is 0 Å². The highest BCUT2D eigenvalue weighted by Gasteiger charge is 2.31. The van der Waals surface area contributed by atoms with Gasteiger partial charge in [-0.05, 0) is 44.1 Å². The third-order valence-electron chi connectivity index (χ3n) is 3.58. The molecule has 1 saturated carbocycles. The molecule has 0 radical (unpaired) electrons. The molecule has 0 spiro atoms. The predicted molar refractivity (Wildman–Crippen MR) is 75.1 cm³/mol. The number of carbonyl (C=O) groups excluding carboxylic acids is 1. The maximum atomic E-state index is 12.2. The topological polar surface area (TPSA) is 33.5 Å². The second-order valence-electron chi connectivity index (χ2n) is 4.87. The number of hydrogen-bond donors (Lipinski definition) is 0. The van der Waals surface area contributed by atoms with Crippen LogP contribution in [-0.4, -0.2) is 34.9 Å². The monoisotopic (exact) mass is 267 g/mol. The van der Waals surface area contributed by atoms with Gasteiger partial charge in [0.2, 0.25) is 0 Å².